The number of halogens is 1. The van der Waals surface area contributed by atoms with Gasteiger partial charge >= 0.3 is 0 Å². The molecule has 8 aromatic heterocycles. The first kappa shape index (κ1) is 70.4. The summed E-state index contributed by atoms with van der Waals surface area (Å²) in [6, 6.07) is 8.10. The van der Waals surface area contributed by atoms with Crippen LogP contribution in [0.15, 0.2) is 45.7 Å². The number of aromatic nitrogens is 12. The van der Waals surface area contributed by atoms with E-state index in [9.17, 15) is 0 Å². The molecule has 17 nitrogen and oxygen atoms in total. The second-order valence-electron chi connectivity index (χ2n) is 20.3. The van der Waals surface area contributed by atoms with Crippen molar-refractivity contribution in [1.82, 2.24) is 59.8 Å². The van der Waals surface area contributed by atoms with Gasteiger partial charge in [0.15, 0.2) is 0 Å². The molecule has 0 amide bonds. The smallest absolute Gasteiger partial charge is 0.143 e. The average molecular weight is 1400 g/mol. The van der Waals surface area contributed by atoms with Gasteiger partial charge in [0.2, 0.25) is 0 Å². The molecule has 0 saturated carbocycles. The van der Waals surface area contributed by atoms with Gasteiger partial charge in [0.05, 0.1) is 64.9 Å². The van der Waals surface area contributed by atoms with Crippen molar-refractivity contribution in [3.63, 3.8) is 0 Å². The van der Waals surface area contributed by atoms with E-state index in [1.807, 2.05) is 78.6 Å². The number of nitrogens with one attached hydrogen (secondary N) is 2. The highest BCUT2D eigenvalue weighted by Crippen LogP contribution is 2.42. The van der Waals surface area contributed by atoms with Gasteiger partial charge < -0.3 is 34.2 Å². The van der Waals surface area contributed by atoms with Crippen LogP contribution in [-0.2, 0) is 151 Å². The Bertz CT molecular complexity index is 4490. The lowest BCUT2D eigenvalue weighted by atomic mass is 9.88. The standard InChI is InChI=1S/C26H30N6O2.C17H15ClN4O2.C8H15N3.2CH4.S13/c1-13-22(14(2)34-31-13)18-10-19-17(11-21(18)33-8)23-20(27-15(3)28-25(23)29-19)9-16-12-32(7)30-24(16)26(4,5)6;1-7-14(8(2)24-22-7)11-5-12-10(6-13(11)23-4)15-16(18)19-9(3)20-17(15)21-12;1-8(2,3)7-6(9)5-11(4)10-7;;;1-3-5-7-9-11-13-12-10-8-6-4-2/h10-12H,9H2,1-8H3,(H,27,28,29);5-6H,1-4H3,(H,19,20,21);5H,9H2,1-4H3;2*1H4;. The summed E-state index contributed by atoms with van der Waals surface area (Å²) in [6.45, 7) is 24.3. The number of benzene rings is 2. The van der Waals surface area contributed by atoms with Crippen LogP contribution in [0, 0.1) is 41.5 Å². The average Bonchev–Trinajstić information content (AvgIpc) is 2.09. The topological polar surface area (TPSA) is 215 Å². The van der Waals surface area contributed by atoms with Crippen molar-refractivity contribution >= 4 is 181 Å². The molecule has 0 aliphatic heterocycles. The van der Waals surface area contributed by atoms with Crippen molar-refractivity contribution in [2.45, 2.75) is 115 Å². The molecule has 0 fully saturated rings. The Morgan fingerprint density at radius 1 is 0.595 bits per heavy atom. The third kappa shape index (κ3) is 17.0. The van der Waals surface area contributed by atoms with Gasteiger partial charge in [0.25, 0.3) is 0 Å². The largest absolute Gasteiger partial charge is 0.496 e. The third-order valence-electron chi connectivity index (χ3n) is 12.2. The van der Waals surface area contributed by atoms with E-state index in [-0.39, 0.29) is 25.7 Å². The van der Waals surface area contributed by atoms with Crippen LogP contribution in [-0.4, -0.2) is 74.0 Å². The molecule has 0 saturated heterocycles. The highest BCUT2D eigenvalue weighted by molar-refractivity contribution is 8.75. The van der Waals surface area contributed by atoms with Gasteiger partial charge in [0.1, 0.15) is 51.1 Å². The van der Waals surface area contributed by atoms with Crippen LogP contribution in [0.2, 0.25) is 5.15 Å². The zero-order valence-corrected chi connectivity index (χ0v) is 58.9. The van der Waals surface area contributed by atoms with Crippen molar-refractivity contribution in [1.29, 1.82) is 0 Å². The molecule has 0 atom stereocenters. The normalized spacial score (nSPS) is 10.9. The van der Waals surface area contributed by atoms with Crippen LogP contribution in [0.5, 0.6) is 11.5 Å². The molecule has 84 heavy (non-hydrogen) atoms. The number of nitrogens with two attached hydrogens (primary N) is 1. The van der Waals surface area contributed by atoms with Gasteiger partial charge in [-0.1, -0.05) is 78.3 Å². The lowest BCUT2D eigenvalue weighted by molar-refractivity contribution is 0.393. The molecule has 10 rings (SSSR count). The maximum Gasteiger partial charge on any atom is 0.143 e. The van der Waals surface area contributed by atoms with Crippen LogP contribution in [0.1, 0.15) is 114 Å². The molecule has 10 aromatic rings. The highest BCUT2D eigenvalue weighted by Gasteiger charge is 2.26. The number of nitrogen functional groups attached to an aromatic ring is 1. The molecule has 0 spiro atoms. The van der Waals surface area contributed by atoms with Gasteiger partial charge in [-0.3, -0.25) is 9.36 Å². The second kappa shape index (κ2) is 31.0. The number of fused-ring (bicyclic) bond motifs is 6. The summed E-state index contributed by atoms with van der Waals surface area (Å²) in [5, 5.41) is 21.3. The number of rotatable bonds is 6. The number of nitrogens with zero attached hydrogens (tertiary/aromatic N) is 10. The van der Waals surface area contributed by atoms with Crippen molar-refractivity contribution in [3.05, 3.63) is 99.0 Å². The zero-order chi connectivity index (χ0) is 59.8. The fraction of sp³-hybridized carbons (Fsp3) is 0.396. The number of hydrogen-bond donors (Lipinski definition) is 3. The highest BCUT2D eigenvalue weighted by atomic mass is 35.5. The van der Waals surface area contributed by atoms with Gasteiger partial charge in [-0.25, -0.2) is 19.9 Å². The molecule has 2 aromatic carbocycles. The molecule has 0 radical (unpaired) electrons. The van der Waals surface area contributed by atoms with E-state index in [1.54, 1.807) is 98.8 Å². The SMILES string of the molecule is C.C.COc1cc2c(cc1-c1c(C)noc1C)[nH]c1nc(C)nc(Cc3cn(C)nc3C(C)(C)C)c12.COc1cc2c(cc1-c1c(C)noc1C)[nH]c1nc(C)nc(Cl)c12.Cn1cc(N)c(C(C)(C)C)n1.S=S=S=S=S=S=S=S=S=S=S=S=S. The molecular weight excluding hydrogens is 1330 g/mol. The molecule has 0 aliphatic rings. The fourth-order valence-electron chi connectivity index (χ4n) is 9.17. The van der Waals surface area contributed by atoms with Crippen LogP contribution in [0.3, 0.4) is 0 Å². The van der Waals surface area contributed by atoms with Crippen LogP contribution >= 0.6 is 11.6 Å². The molecular formula is C53H68ClN13O4S13. The van der Waals surface area contributed by atoms with E-state index in [1.165, 1.54) is 23.3 Å². The van der Waals surface area contributed by atoms with E-state index in [2.05, 4.69) is 95.2 Å². The number of H-pyrrole nitrogens is 2. The number of anilines is 1. The first-order valence-electron chi connectivity index (χ1n) is 24.6. The Morgan fingerprint density at radius 3 is 1.40 bits per heavy atom. The van der Waals surface area contributed by atoms with Gasteiger partial charge in [0, 0.05) is 202 Å². The summed E-state index contributed by atoms with van der Waals surface area (Å²) in [5.74, 6) is 4.33. The molecule has 31 heteroatoms. The molecule has 8 heterocycles. The summed E-state index contributed by atoms with van der Waals surface area (Å²) in [5.41, 5.74) is 19.5. The minimum atomic E-state index is -0.0650. The number of ether oxygens (including phenoxy) is 2. The molecule has 0 aliphatic carbocycles. The van der Waals surface area contributed by atoms with Crippen molar-refractivity contribution in [3.8, 4) is 33.8 Å². The summed E-state index contributed by atoms with van der Waals surface area (Å²) in [7, 11) is 25.3. The number of hydrogen-bond acceptors (Lipinski definition) is 15. The third-order valence-corrected chi connectivity index (χ3v) is 34.7. The lowest BCUT2D eigenvalue weighted by Crippen LogP contribution is -2.15. The van der Waals surface area contributed by atoms with E-state index < -0.39 is 0 Å². The molecule has 0 bridgehead atoms. The fourth-order valence-corrected chi connectivity index (χ4v) is 34.2. The van der Waals surface area contributed by atoms with E-state index >= 15 is 0 Å². The van der Waals surface area contributed by atoms with E-state index in [4.69, 9.17) is 73.3 Å². The van der Waals surface area contributed by atoms with Gasteiger partial charge in [-0.15, -0.1) is 0 Å². The summed E-state index contributed by atoms with van der Waals surface area (Å²) in [6.07, 6.45) is 4.59. The van der Waals surface area contributed by atoms with Crippen molar-refractivity contribution < 1.29 is 18.5 Å². The summed E-state index contributed by atoms with van der Waals surface area (Å²) >= 11 is 15.7. The van der Waals surface area contributed by atoms with Gasteiger partial charge in [-0.2, -0.15) is 10.2 Å². The predicted octanol–water partition coefficient (Wildman–Crippen LogP) is 12.2. The van der Waals surface area contributed by atoms with E-state index in [0.29, 0.717) is 23.0 Å². The Balaban J connectivity index is 0.000000224. The second-order valence-corrected chi connectivity index (χ2v) is 40.1. The molecule has 4 N–H and O–H groups in total. The lowest BCUT2D eigenvalue weighted by Gasteiger charge is -2.17. The van der Waals surface area contributed by atoms with E-state index in [0.717, 1.165) is 123 Å². The zero-order valence-electron chi connectivity index (χ0n) is 47.5. The van der Waals surface area contributed by atoms with Crippen molar-refractivity contribution in [2.24, 2.45) is 14.1 Å². The maximum absolute atomic E-state index is 6.33. The quantitative estimate of drug-likeness (QED) is 0.132. The minimum absolute atomic E-state index is 0. The van der Waals surface area contributed by atoms with Crippen molar-refractivity contribution in [2.75, 3.05) is 20.0 Å². The van der Waals surface area contributed by atoms with Crippen LogP contribution in [0.4, 0.5) is 5.69 Å². The number of aryl methyl sites for hydroxylation is 8. The first-order valence-corrected chi connectivity index (χ1v) is 40.9. The molecule has 0 unspecified atom stereocenters. The van der Waals surface area contributed by atoms with Crippen LogP contribution < -0.4 is 15.2 Å². The van der Waals surface area contributed by atoms with Gasteiger partial charge in [-0.05, 0) is 71.4 Å². The number of aromatic amines is 2. The Hall–Kier alpha value is -4.41. The Kier molecular flexibility index (Phi) is 25.9. The predicted molar refractivity (Wildman–Crippen MR) is 381 cm³/mol. The molecule has 454 valence electrons. The maximum atomic E-state index is 6.33. The Labute approximate surface area is 536 Å². The first-order chi connectivity index (χ1) is 38.9. The van der Waals surface area contributed by atoms with Crippen LogP contribution in [0.25, 0.3) is 66.1 Å². The number of methoxy groups -OCH3 is 2. The summed E-state index contributed by atoms with van der Waals surface area (Å²) in [4.78, 5) is 25.1. The summed E-state index contributed by atoms with van der Waals surface area (Å²) < 4.78 is 25.8. The minimum Gasteiger partial charge on any atom is -0.496 e. The Morgan fingerprint density at radius 2 is 1.01 bits per heavy atom. The monoisotopic (exact) mass is 1400 g/mol.